The van der Waals surface area contributed by atoms with Crippen molar-refractivity contribution >= 4 is 46.7 Å². The van der Waals surface area contributed by atoms with E-state index in [0.717, 1.165) is 61.0 Å². The fourth-order valence-electron chi connectivity index (χ4n) is 8.47. The van der Waals surface area contributed by atoms with Crippen LogP contribution in [0.4, 0.5) is 5.69 Å². The first-order valence-corrected chi connectivity index (χ1v) is 24.7. The van der Waals surface area contributed by atoms with Gasteiger partial charge in [0, 0.05) is 35.0 Å². The molecule has 3 atom stereocenters. The summed E-state index contributed by atoms with van der Waals surface area (Å²) in [6, 6.07) is 23.7. The number of likely N-dealkylation sites (tertiary alicyclic amines) is 1. The van der Waals surface area contributed by atoms with Crippen LogP contribution in [0.15, 0.2) is 102 Å². The Hall–Kier alpha value is -6.68. The van der Waals surface area contributed by atoms with Gasteiger partial charge in [-0.3, -0.25) is 19.2 Å². The number of anilines is 1. The van der Waals surface area contributed by atoms with E-state index in [4.69, 9.17) is 23.9 Å². The Morgan fingerprint density at radius 2 is 1.66 bits per heavy atom. The molecule has 1 fully saturated rings. The Bertz CT molecular complexity index is 2710. The van der Waals surface area contributed by atoms with Crippen molar-refractivity contribution in [1.29, 1.82) is 0 Å². The number of fused-ring (bicyclic) bond motifs is 3. The lowest BCUT2D eigenvalue weighted by Crippen LogP contribution is -2.58. The third-order valence-corrected chi connectivity index (χ3v) is 13.4. The second kappa shape index (κ2) is 23.8. The number of carbonyl (C=O) groups is 4. The molecule has 15 heteroatoms. The molecule has 2 aromatic heterocycles. The molecular formula is C55H64N6O8S. The van der Waals surface area contributed by atoms with Crippen molar-refractivity contribution < 1.29 is 38.1 Å². The van der Waals surface area contributed by atoms with Crippen molar-refractivity contribution in [3.8, 4) is 45.1 Å². The molecule has 3 aromatic carbocycles. The molecule has 1 saturated heterocycles. The third kappa shape index (κ3) is 12.9. The summed E-state index contributed by atoms with van der Waals surface area (Å²) in [4.78, 5) is 66.1. The molecule has 368 valence electrons. The van der Waals surface area contributed by atoms with Crippen molar-refractivity contribution in [3.05, 3.63) is 118 Å². The van der Waals surface area contributed by atoms with E-state index in [0.29, 0.717) is 30.9 Å². The summed E-state index contributed by atoms with van der Waals surface area (Å²) in [5.74, 6) is 0.152. The van der Waals surface area contributed by atoms with E-state index in [-0.39, 0.29) is 75.5 Å². The quantitative estimate of drug-likeness (QED) is 0.0506. The Morgan fingerprint density at radius 1 is 0.914 bits per heavy atom. The van der Waals surface area contributed by atoms with E-state index in [1.54, 1.807) is 23.3 Å². The maximum atomic E-state index is 14.1. The van der Waals surface area contributed by atoms with E-state index in [1.807, 2.05) is 144 Å². The van der Waals surface area contributed by atoms with Gasteiger partial charge >= 0.3 is 0 Å². The predicted octanol–water partition coefficient (Wildman–Crippen LogP) is 8.84. The number of amides is 4. The van der Waals surface area contributed by atoms with E-state index in [9.17, 15) is 19.2 Å². The first-order chi connectivity index (χ1) is 33.7. The minimum absolute atomic E-state index is 0.0495. The zero-order valence-corrected chi connectivity index (χ0v) is 42.0. The molecule has 7 rings (SSSR count). The van der Waals surface area contributed by atoms with Gasteiger partial charge in [-0.15, -0.1) is 11.3 Å². The Balaban J connectivity index is 0.879. The van der Waals surface area contributed by atoms with Gasteiger partial charge in [0.05, 0.1) is 68.2 Å². The molecule has 2 aliphatic rings. The highest BCUT2D eigenvalue weighted by atomic mass is 32.1. The molecule has 0 spiro atoms. The first kappa shape index (κ1) is 51.2. The van der Waals surface area contributed by atoms with Gasteiger partial charge in [-0.2, -0.15) is 0 Å². The molecule has 70 heavy (non-hydrogen) atoms. The number of para-hydroxylation sites is 1. The largest absolute Gasteiger partial charge is 0.493 e. The lowest BCUT2D eigenvalue weighted by molar-refractivity contribution is -0.144. The van der Waals surface area contributed by atoms with Crippen molar-refractivity contribution in [2.45, 2.75) is 85.4 Å². The van der Waals surface area contributed by atoms with Crippen molar-refractivity contribution in [3.63, 3.8) is 0 Å². The Kier molecular flexibility index (Phi) is 17.4. The molecule has 3 unspecified atom stereocenters. The Labute approximate surface area is 414 Å². The second-order valence-corrected chi connectivity index (χ2v) is 19.5. The van der Waals surface area contributed by atoms with Crippen LogP contribution >= 0.6 is 11.3 Å². The van der Waals surface area contributed by atoms with Gasteiger partial charge < -0.3 is 39.8 Å². The van der Waals surface area contributed by atoms with Crippen LogP contribution in [-0.2, 0) is 35.1 Å². The zero-order valence-electron chi connectivity index (χ0n) is 41.1. The Morgan fingerprint density at radius 3 is 2.40 bits per heavy atom. The van der Waals surface area contributed by atoms with Gasteiger partial charge in [0.1, 0.15) is 18.7 Å². The average Bonchev–Trinajstić information content (AvgIpc) is 3.98. The van der Waals surface area contributed by atoms with Crippen LogP contribution < -0.4 is 25.4 Å². The number of aromatic nitrogens is 2. The number of hydrogen-bond donors (Lipinski definition) is 3. The zero-order chi connectivity index (χ0) is 49.8. The summed E-state index contributed by atoms with van der Waals surface area (Å²) >= 11 is 1.57. The third-order valence-electron chi connectivity index (χ3n) is 12.5. The number of allylic oxidation sites excluding steroid dienone is 2. The summed E-state index contributed by atoms with van der Waals surface area (Å²) in [7, 11) is 1.59. The SMILES string of the molecule is COc1ccc(-c2cc(-c3ccccc3)nc3c2CC(=O)Nc2ccccc2-3)cc1OCCOCCOCCC(=O)NC(C(=O)N1CCCC1C(=O)NC(C)/C(C)=C/C=C/c1scnc1C)C(C)(C)C. The van der Waals surface area contributed by atoms with Crippen LogP contribution in [0.1, 0.15) is 70.0 Å². The van der Waals surface area contributed by atoms with E-state index in [2.05, 4.69) is 20.9 Å². The molecule has 3 N–H and O–H groups in total. The van der Waals surface area contributed by atoms with Crippen LogP contribution in [0.5, 0.6) is 11.5 Å². The van der Waals surface area contributed by atoms with Gasteiger partial charge in [0.2, 0.25) is 23.6 Å². The highest BCUT2D eigenvalue weighted by Crippen LogP contribution is 2.42. The van der Waals surface area contributed by atoms with Crippen LogP contribution in [0, 0.1) is 12.3 Å². The van der Waals surface area contributed by atoms with Crippen molar-refractivity contribution in [2.24, 2.45) is 5.41 Å². The number of ether oxygens (including phenoxy) is 4. The van der Waals surface area contributed by atoms with Crippen LogP contribution in [-0.4, -0.2) is 103 Å². The fraction of sp³-hybridized carbons (Fsp3) is 0.382. The number of pyridine rings is 1. The molecule has 4 heterocycles. The summed E-state index contributed by atoms with van der Waals surface area (Å²) in [6.07, 6.45) is 7.38. The second-order valence-electron chi connectivity index (χ2n) is 18.6. The standard InChI is InChI=1S/C55H64N6O8S/c1-35(15-13-21-48-37(3)56-34-70-48)36(2)57-53(64)45-20-14-25-61(45)54(65)52(55(4,5)6)60-49(62)24-26-67-27-28-68-29-30-69-47-31-39(22-23-46(47)66-7)41-32-44(38-16-9-8-10-17-38)59-51-40-18-11-12-19-43(40)58-50(63)33-42(41)51/h8-13,15-19,21-23,31-32,34,36,45,52H,14,20,24-30,33H2,1-7H3,(H,57,64)(H,58,63)(H,60,62)/b21-13+,35-15+. The lowest BCUT2D eigenvalue weighted by atomic mass is 9.85. The van der Waals surface area contributed by atoms with Crippen molar-refractivity contribution in [2.75, 3.05) is 52.0 Å². The maximum absolute atomic E-state index is 14.1. The summed E-state index contributed by atoms with van der Waals surface area (Å²) in [5.41, 5.74) is 9.73. The van der Waals surface area contributed by atoms with Crippen LogP contribution in [0.25, 0.3) is 39.7 Å². The number of benzene rings is 3. The van der Waals surface area contributed by atoms with E-state index < -0.39 is 17.5 Å². The van der Waals surface area contributed by atoms with Crippen LogP contribution in [0.3, 0.4) is 0 Å². The maximum Gasteiger partial charge on any atom is 0.246 e. The topological polar surface area (TPSA) is 170 Å². The number of nitrogens with one attached hydrogen (secondary N) is 3. The molecule has 0 saturated carbocycles. The number of methoxy groups -OCH3 is 1. The summed E-state index contributed by atoms with van der Waals surface area (Å²) < 4.78 is 23.4. The molecule has 0 aliphatic carbocycles. The molecule has 5 aromatic rings. The molecule has 0 radical (unpaired) electrons. The summed E-state index contributed by atoms with van der Waals surface area (Å²) in [5, 5.41) is 9.08. The minimum atomic E-state index is -0.833. The van der Waals surface area contributed by atoms with E-state index >= 15 is 0 Å². The molecule has 0 bridgehead atoms. The normalized spacial score (nSPS) is 15.6. The number of thiazole rings is 1. The molecule has 14 nitrogen and oxygen atoms in total. The van der Waals surface area contributed by atoms with Gasteiger partial charge in [0.15, 0.2) is 11.5 Å². The number of aryl methyl sites for hydroxylation is 1. The molecule has 4 amide bonds. The fourth-order valence-corrected chi connectivity index (χ4v) is 9.18. The first-order valence-electron chi connectivity index (χ1n) is 23.8. The van der Waals surface area contributed by atoms with Gasteiger partial charge in [-0.25, -0.2) is 9.97 Å². The molecular weight excluding hydrogens is 905 g/mol. The smallest absolute Gasteiger partial charge is 0.246 e. The minimum Gasteiger partial charge on any atom is -0.493 e. The van der Waals surface area contributed by atoms with Gasteiger partial charge in [-0.1, -0.05) is 93.1 Å². The van der Waals surface area contributed by atoms with Crippen LogP contribution in [0.2, 0.25) is 0 Å². The highest BCUT2D eigenvalue weighted by molar-refractivity contribution is 7.10. The van der Waals surface area contributed by atoms with Gasteiger partial charge in [-0.05, 0) is 86.1 Å². The van der Waals surface area contributed by atoms with E-state index in [1.165, 1.54) is 0 Å². The highest BCUT2D eigenvalue weighted by Gasteiger charge is 2.42. The number of hydrogen-bond acceptors (Lipinski definition) is 11. The number of nitrogens with zero attached hydrogens (tertiary/aromatic N) is 3. The number of rotatable bonds is 20. The summed E-state index contributed by atoms with van der Waals surface area (Å²) in [6.45, 7) is 13.2. The number of carbonyl (C=O) groups excluding carboxylic acids is 4. The lowest BCUT2D eigenvalue weighted by Gasteiger charge is -2.35. The average molecular weight is 969 g/mol. The predicted molar refractivity (Wildman–Crippen MR) is 275 cm³/mol. The van der Waals surface area contributed by atoms with Gasteiger partial charge in [0.25, 0.3) is 0 Å². The monoisotopic (exact) mass is 968 g/mol. The van der Waals surface area contributed by atoms with Crippen molar-refractivity contribution in [1.82, 2.24) is 25.5 Å². The molecule has 2 aliphatic heterocycles.